The number of nitrogens with zero attached hydrogens (tertiary/aromatic N) is 3. The molecule has 2 rings (SSSR count). The Hall–Kier alpha value is -3.48. The van der Waals surface area contributed by atoms with E-state index >= 15 is 0 Å². The van der Waals surface area contributed by atoms with Gasteiger partial charge < -0.3 is 15.1 Å². The maximum Gasteiger partial charge on any atom is 0.251 e. The lowest BCUT2D eigenvalue weighted by Gasteiger charge is -2.38. The number of piperazine rings is 1. The van der Waals surface area contributed by atoms with Crippen LogP contribution in [0.1, 0.15) is 19.4 Å². The molecule has 5 nitrogen and oxygen atoms in total. The van der Waals surface area contributed by atoms with Gasteiger partial charge in [-0.15, -0.1) is 0 Å². The summed E-state index contributed by atoms with van der Waals surface area (Å²) in [5.41, 5.74) is -0.573. The first-order chi connectivity index (χ1) is 16.3. The molecule has 0 bridgehead atoms. The molecule has 0 aliphatic carbocycles. The van der Waals surface area contributed by atoms with Crippen molar-refractivity contribution >= 4 is 17.4 Å². The van der Waals surface area contributed by atoms with Gasteiger partial charge in [0.25, 0.3) is 5.91 Å². The third kappa shape index (κ3) is 6.53. The SMILES string of the molecule is C=CC(F)(C=C)c1ccc(NC(/C=C\C)C(=N/C=C\C)N2CCN(C(=O)C(=C)CF)CC2)cc1. The Morgan fingerprint density at radius 3 is 2.21 bits per heavy atom. The molecule has 1 aliphatic heterocycles. The predicted octanol–water partition coefficient (Wildman–Crippen LogP) is 5.18. The van der Waals surface area contributed by atoms with Crippen molar-refractivity contribution in [1.29, 1.82) is 0 Å². The number of carbonyl (C=O) groups is 1. The Morgan fingerprint density at radius 2 is 1.71 bits per heavy atom. The lowest BCUT2D eigenvalue weighted by Crippen LogP contribution is -2.54. The number of amidine groups is 1. The molecule has 0 saturated carbocycles. The number of allylic oxidation sites excluding steroid dienone is 4. The number of hydrogen-bond donors (Lipinski definition) is 1. The summed E-state index contributed by atoms with van der Waals surface area (Å²) in [6, 6.07) is 6.75. The Balaban J connectivity index is 2.23. The van der Waals surface area contributed by atoms with Gasteiger partial charge in [0.15, 0.2) is 5.67 Å². The molecular formula is C27H34F2N4O. The molecule has 1 amide bonds. The monoisotopic (exact) mass is 468 g/mol. The van der Waals surface area contributed by atoms with E-state index in [2.05, 4.69) is 34.9 Å². The van der Waals surface area contributed by atoms with Gasteiger partial charge in [-0.05, 0) is 43.7 Å². The minimum atomic E-state index is -1.79. The smallest absolute Gasteiger partial charge is 0.251 e. The maximum absolute atomic E-state index is 14.8. The molecule has 0 aromatic heterocycles. The summed E-state index contributed by atoms with van der Waals surface area (Å²) in [5, 5.41) is 3.45. The number of carbonyl (C=O) groups excluding carboxylic acids is 1. The molecular weight excluding hydrogens is 434 g/mol. The van der Waals surface area contributed by atoms with Crippen molar-refractivity contribution in [3.8, 4) is 0 Å². The number of aliphatic imine (C=N–C) groups is 1. The number of anilines is 1. The van der Waals surface area contributed by atoms with Crippen LogP contribution in [-0.4, -0.2) is 60.4 Å². The van der Waals surface area contributed by atoms with Gasteiger partial charge >= 0.3 is 0 Å². The summed E-state index contributed by atoms with van der Waals surface area (Å²) in [4.78, 5) is 20.7. The zero-order chi connectivity index (χ0) is 25.1. The van der Waals surface area contributed by atoms with Gasteiger partial charge in [0.05, 0.1) is 0 Å². The predicted molar refractivity (Wildman–Crippen MR) is 137 cm³/mol. The highest BCUT2D eigenvalue weighted by Crippen LogP contribution is 2.29. The average molecular weight is 469 g/mol. The van der Waals surface area contributed by atoms with Crippen LogP contribution in [0.3, 0.4) is 0 Å². The van der Waals surface area contributed by atoms with E-state index in [-0.39, 0.29) is 17.5 Å². The van der Waals surface area contributed by atoms with Crippen LogP contribution in [0.5, 0.6) is 0 Å². The number of rotatable bonds is 10. The molecule has 1 saturated heterocycles. The quantitative estimate of drug-likeness (QED) is 0.223. The molecule has 0 spiro atoms. The van der Waals surface area contributed by atoms with Crippen molar-refractivity contribution in [2.45, 2.75) is 25.6 Å². The zero-order valence-electron chi connectivity index (χ0n) is 20.0. The highest BCUT2D eigenvalue weighted by molar-refractivity contribution is 5.94. The summed E-state index contributed by atoms with van der Waals surface area (Å²) in [5.74, 6) is 0.439. The summed E-state index contributed by atoms with van der Waals surface area (Å²) in [6.45, 7) is 15.6. The van der Waals surface area contributed by atoms with Crippen molar-refractivity contribution < 1.29 is 13.6 Å². The molecule has 1 heterocycles. The van der Waals surface area contributed by atoms with Crippen molar-refractivity contribution in [3.63, 3.8) is 0 Å². The largest absolute Gasteiger partial charge is 0.372 e. The average Bonchev–Trinajstić information content (AvgIpc) is 2.88. The second-order valence-electron chi connectivity index (χ2n) is 7.89. The Bertz CT molecular complexity index is 949. The van der Waals surface area contributed by atoms with Crippen molar-refractivity contribution in [1.82, 2.24) is 9.80 Å². The zero-order valence-corrected chi connectivity index (χ0v) is 20.0. The van der Waals surface area contributed by atoms with E-state index in [9.17, 15) is 13.6 Å². The molecule has 34 heavy (non-hydrogen) atoms. The molecule has 1 aromatic rings. The molecule has 7 heteroatoms. The van der Waals surface area contributed by atoms with Crippen LogP contribution in [0, 0.1) is 0 Å². The Kier molecular flexibility index (Phi) is 9.98. The second kappa shape index (κ2) is 12.7. The first-order valence-corrected chi connectivity index (χ1v) is 11.3. The molecule has 1 fully saturated rings. The molecule has 1 atom stereocenters. The van der Waals surface area contributed by atoms with Crippen LogP contribution in [0.25, 0.3) is 0 Å². The summed E-state index contributed by atoms with van der Waals surface area (Å²) in [7, 11) is 0. The summed E-state index contributed by atoms with van der Waals surface area (Å²) in [6.07, 6.45) is 9.94. The lowest BCUT2D eigenvalue weighted by atomic mass is 9.96. The minimum Gasteiger partial charge on any atom is -0.372 e. The van der Waals surface area contributed by atoms with Crippen LogP contribution >= 0.6 is 0 Å². The minimum absolute atomic E-state index is 0.0293. The van der Waals surface area contributed by atoms with Crippen LogP contribution in [0.4, 0.5) is 14.5 Å². The third-order valence-electron chi connectivity index (χ3n) is 5.62. The van der Waals surface area contributed by atoms with E-state index in [4.69, 9.17) is 0 Å². The van der Waals surface area contributed by atoms with Crippen LogP contribution < -0.4 is 5.32 Å². The highest BCUT2D eigenvalue weighted by Gasteiger charge is 2.28. The van der Waals surface area contributed by atoms with Gasteiger partial charge in [-0.3, -0.25) is 4.79 Å². The first-order valence-electron chi connectivity index (χ1n) is 11.3. The van der Waals surface area contributed by atoms with E-state index < -0.39 is 12.3 Å². The third-order valence-corrected chi connectivity index (χ3v) is 5.62. The van der Waals surface area contributed by atoms with Gasteiger partial charge in [0.2, 0.25) is 0 Å². The van der Waals surface area contributed by atoms with E-state index in [1.54, 1.807) is 35.4 Å². The molecule has 1 aromatic carbocycles. The second-order valence-corrected chi connectivity index (χ2v) is 7.89. The van der Waals surface area contributed by atoms with Gasteiger partial charge in [-0.1, -0.05) is 50.1 Å². The molecule has 1 aliphatic rings. The van der Waals surface area contributed by atoms with E-state index in [1.807, 2.05) is 32.1 Å². The first kappa shape index (κ1) is 26.8. The number of nitrogens with one attached hydrogen (secondary N) is 1. The standard InChI is InChI=1S/C27H34F2N4O/c1-6-10-24(31-23-13-11-22(12-14-23)27(29,8-3)9-4)25(30-15-7-2)32-16-18-33(19-17-32)26(34)21(5)20-28/h6-15,24,31H,3-5,16-20H2,1-2H3/b10-6-,15-7-,30-25?. The van der Waals surface area contributed by atoms with Crippen LogP contribution in [0.15, 0.2) is 91.1 Å². The highest BCUT2D eigenvalue weighted by atomic mass is 19.1. The van der Waals surface area contributed by atoms with Crippen LogP contribution in [-0.2, 0) is 10.5 Å². The Morgan fingerprint density at radius 1 is 1.12 bits per heavy atom. The number of halogens is 2. The normalized spacial score (nSPS) is 16.1. The fraction of sp³-hybridized carbons (Fsp3) is 0.333. The van der Waals surface area contributed by atoms with E-state index in [0.717, 1.165) is 11.5 Å². The Labute approximate surface area is 201 Å². The lowest BCUT2D eigenvalue weighted by molar-refractivity contribution is -0.128. The fourth-order valence-corrected chi connectivity index (χ4v) is 3.64. The molecule has 1 N–H and O–H groups in total. The van der Waals surface area contributed by atoms with E-state index in [1.165, 1.54) is 12.2 Å². The maximum atomic E-state index is 14.8. The molecule has 0 radical (unpaired) electrons. The van der Waals surface area contributed by atoms with Gasteiger partial charge in [0, 0.05) is 43.6 Å². The van der Waals surface area contributed by atoms with E-state index in [0.29, 0.717) is 31.7 Å². The number of benzene rings is 1. The fourth-order valence-electron chi connectivity index (χ4n) is 3.64. The van der Waals surface area contributed by atoms with Crippen molar-refractivity contribution in [2.75, 3.05) is 38.2 Å². The topological polar surface area (TPSA) is 47.9 Å². The molecule has 1 unspecified atom stereocenters. The van der Waals surface area contributed by atoms with Crippen molar-refractivity contribution in [2.24, 2.45) is 4.99 Å². The van der Waals surface area contributed by atoms with Crippen LogP contribution in [0.2, 0.25) is 0 Å². The number of hydrogen-bond acceptors (Lipinski definition) is 3. The number of amides is 1. The van der Waals surface area contributed by atoms with Gasteiger partial charge in [-0.2, -0.15) is 0 Å². The summed E-state index contributed by atoms with van der Waals surface area (Å²) < 4.78 is 27.6. The van der Waals surface area contributed by atoms with Gasteiger partial charge in [0.1, 0.15) is 18.6 Å². The summed E-state index contributed by atoms with van der Waals surface area (Å²) >= 11 is 0. The number of alkyl halides is 2. The van der Waals surface area contributed by atoms with Gasteiger partial charge in [-0.25, -0.2) is 13.8 Å². The van der Waals surface area contributed by atoms with Crippen molar-refractivity contribution in [3.05, 3.63) is 91.7 Å². The molecule has 182 valence electrons.